The summed E-state index contributed by atoms with van der Waals surface area (Å²) >= 11 is 6.11. The second-order valence-electron chi connectivity index (χ2n) is 7.71. The summed E-state index contributed by atoms with van der Waals surface area (Å²) in [5.41, 5.74) is 0.644. The fourth-order valence-electron chi connectivity index (χ4n) is 3.35. The molecular formula is C24H22ClN3O7S. The van der Waals surface area contributed by atoms with Crippen molar-refractivity contribution in [2.24, 2.45) is 0 Å². The van der Waals surface area contributed by atoms with E-state index in [4.69, 9.17) is 16.3 Å². The van der Waals surface area contributed by atoms with Crippen molar-refractivity contribution in [1.29, 1.82) is 0 Å². The molecule has 0 saturated carbocycles. The molecular weight excluding hydrogens is 510 g/mol. The number of nitro benzene ring substituents is 1. The highest BCUT2D eigenvalue weighted by Crippen LogP contribution is 2.35. The molecule has 0 unspecified atom stereocenters. The summed E-state index contributed by atoms with van der Waals surface area (Å²) < 4.78 is 33.4. The molecule has 0 bridgehead atoms. The van der Waals surface area contributed by atoms with Crippen LogP contribution in [0.3, 0.4) is 0 Å². The van der Waals surface area contributed by atoms with E-state index in [-0.39, 0.29) is 38.4 Å². The Bertz CT molecular complexity index is 1440. The van der Waals surface area contributed by atoms with Crippen LogP contribution >= 0.6 is 11.6 Å². The Morgan fingerprint density at radius 2 is 1.75 bits per heavy atom. The Hall–Kier alpha value is -3.96. The highest BCUT2D eigenvalue weighted by atomic mass is 35.5. The van der Waals surface area contributed by atoms with E-state index in [9.17, 15) is 28.1 Å². The summed E-state index contributed by atoms with van der Waals surface area (Å²) in [6, 6.07) is 13.8. The van der Waals surface area contributed by atoms with Crippen molar-refractivity contribution in [2.75, 3.05) is 23.3 Å². The Kier molecular flexibility index (Phi) is 7.96. The van der Waals surface area contributed by atoms with Gasteiger partial charge in [-0.15, -0.1) is 0 Å². The van der Waals surface area contributed by atoms with Crippen molar-refractivity contribution in [3.8, 4) is 5.75 Å². The SMILES string of the molecule is COc1ccc(Cl)cc1N(CC(=O)Nc1ccc(C(C)=O)cc1)S(=O)(=O)c1ccc(C)c([N+](=O)[O-])c1. The quantitative estimate of drug-likeness (QED) is 0.242. The number of anilines is 2. The van der Waals surface area contributed by atoms with Gasteiger partial charge in [-0.3, -0.25) is 24.0 Å². The normalized spacial score (nSPS) is 11.0. The zero-order valence-corrected chi connectivity index (χ0v) is 21.1. The van der Waals surface area contributed by atoms with Gasteiger partial charge in [0.15, 0.2) is 5.78 Å². The number of aryl methyl sites for hydroxylation is 1. The molecule has 12 heteroatoms. The first-order valence-corrected chi connectivity index (χ1v) is 12.3. The Balaban J connectivity index is 2.05. The van der Waals surface area contributed by atoms with E-state index in [0.29, 0.717) is 11.3 Å². The Morgan fingerprint density at radius 3 is 2.33 bits per heavy atom. The van der Waals surface area contributed by atoms with Crippen LogP contribution in [0.25, 0.3) is 0 Å². The largest absolute Gasteiger partial charge is 0.495 e. The van der Waals surface area contributed by atoms with Gasteiger partial charge in [0.25, 0.3) is 15.7 Å². The van der Waals surface area contributed by atoms with Crippen molar-refractivity contribution in [2.45, 2.75) is 18.7 Å². The molecule has 0 fully saturated rings. The monoisotopic (exact) mass is 531 g/mol. The maximum absolute atomic E-state index is 13.7. The minimum absolute atomic E-state index is 0.0321. The van der Waals surface area contributed by atoms with E-state index in [1.165, 1.54) is 75.6 Å². The van der Waals surface area contributed by atoms with Crippen LogP contribution in [0.5, 0.6) is 5.75 Å². The van der Waals surface area contributed by atoms with Crippen LogP contribution in [0, 0.1) is 17.0 Å². The summed E-state index contributed by atoms with van der Waals surface area (Å²) in [7, 11) is -3.17. The minimum Gasteiger partial charge on any atom is -0.495 e. The number of Topliss-reactive ketones (excluding diaryl/α,β-unsaturated/α-hetero) is 1. The number of amides is 1. The lowest BCUT2D eigenvalue weighted by Gasteiger charge is -2.26. The van der Waals surface area contributed by atoms with Crippen LogP contribution in [0.15, 0.2) is 65.6 Å². The van der Waals surface area contributed by atoms with Gasteiger partial charge in [-0.1, -0.05) is 17.7 Å². The molecule has 1 N–H and O–H groups in total. The molecule has 0 heterocycles. The molecule has 0 aliphatic carbocycles. The molecule has 3 aromatic carbocycles. The third-order valence-corrected chi connectivity index (χ3v) is 7.23. The molecule has 0 saturated heterocycles. The van der Waals surface area contributed by atoms with Crippen LogP contribution in [-0.2, 0) is 14.8 Å². The summed E-state index contributed by atoms with van der Waals surface area (Å²) in [6.45, 7) is 2.19. The average Bonchev–Trinajstić information content (AvgIpc) is 2.82. The lowest BCUT2D eigenvalue weighted by molar-refractivity contribution is -0.385. The lowest BCUT2D eigenvalue weighted by atomic mass is 10.1. The van der Waals surface area contributed by atoms with Crippen LogP contribution < -0.4 is 14.4 Å². The standard InChI is InChI=1S/C24H22ClN3O7S/c1-15-4-10-20(13-21(15)28(31)32)36(33,34)27(22-12-18(25)7-11-23(22)35-3)14-24(30)26-19-8-5-17(6-9-19)16(2)29/h4-13H,14H2,1-3H3,(H,26,30). The van der Waals surface area contributed by atoms with E-state index in [1.807, 2.05) is 0 Å². The fraction of sp³-hybridized carbons (Fsp3) is 0.167. The molecule has 10 nitrogen and oxygen atoms in total. The molecule has 0 aliphatic rings. The Morgan fingerprint density at radius 1 is 1.08 bits per heavy atom. The fourth-order valence-corrected chi connectivity index (χ4v) is 4.96. The van der Waals surface area contributed by atoms with Crippen LogP contribution in [0.2, 0.25) is 5.02 Å². The molecule has 188 valence electrons. The molecule has 36 heavy (non-hydrogen) atoms. The number of nitro groups is 1. The summed E-state index contributed by atoms with van der Waals surface area (Å²) in [4.78, 5) is 34.8. The van der Waals surface area contributed by atoms with Gasteiger partial charge in [-0.25, -0.2) is 8.42 Å². The molecule has 3 aromatic rings. The first kappa shape index (κ1) is 26.6. The number of nitrogens with zero attached hydrogens (tertiary/aromatic N) is 2. The maximum Gasteiger partial charge on any atom is 0.273 e. The van der Waals surface area contributed by atoms with E-state index in [0.717, 1.165) is 10.4 Å². The van der Waals surface area contributed by atoms with Crippen molar-refractivity contribution in [3.63, 3.8) is 0 Å². The van der Waals surface area contributed by atoms with Gasteiger partial charge in [0, 0.05) is 27.9 Å². The summed E-state index contributed by atoms with van der Waals surface area (Å²) in [5.74, 6) is -0.744. The third-order valence-electron chi connectivity index (χ3n) is 5.24. The maximum atomic E-state index is 13.7. The molecule has 0 spiro atoms. The molecule has 0 aliphatic heterocycles. The van der Waals surface area contributed by atoms with E-state index in [1.54, 1.807) is 0 Å². The second kappa shape index (κ2) is 10.8. The molecule has 1 amide bonds. The molecule has 0 radical (unpaired) electrons. The van der Waals surface area contributed by atoms with Gasteiger partial charge in [-0.05, 0) is 62.4 Å². The number of ketones is 1. The average molecular weight is 532 g/mol. The van der Waals surface area contributed by atoms with E-state index in [2.05, 4.69) is 5.32 Å². The number of rotatable bonds is 9. The van der Waals surface area contributed by atoms with E-state index < -0.39 is 27.4 Å². The van der Waals surface area contributed by atoms with Gasteiger partial charge in [-0.2, -0.15) is 0 Å². The van der Waals surface area contributed by atoms with Gasteiger partial charge < -0.3 is 10.1 Å². The number of methoxy groups -OCH3 is 1. The third kappa shape index (κ3) is 5.81. The smallest absolute Gasteiger partial charge is 0.273 e. The zero-order chi connectivity index (χ0) is 26.6. The predicted octanol–water partition coefficient (Wildman–Crippen LogP) is 4.60. The number of benzene rings is 3. The summed E-state index contributed by atoms with van der Waals surface area (Å²) in [6.07, 6.45) is 0. The number of carbonyl (C=O) groups is 2. The number of hydrogen-bond donors (Lipinski definition) is 1. The predicted molar refractivity (Wildman–Crippen MR) is 135 cm³/mol. The Labute approximate surface area is 212 Å². The van der Waals surface area contributed by atoms with Crippen molar-refractivity contribution in [1.82, 2.24) is 0 Å². The van der Waals surface area contributed by atoms with Crippen LogP contribution in [0.4, 0.5) is 17.1 Å². The number of carbonyl (C=O) groups excluding carboxylic acids is 2. The zero-order valence-electron chi connectivity index (χ0n) is 19.5. The van der Waals surface area contributed by atoms with Gasteiger partial charge in [0.05, 0.1) is 22.6 Å². The molecule has 0 aromatic heterocycles. The first-order valence-electron chi connectivity index (χ1n) is 10.5. The topological polar surface area (TPSA) is 136 Å². The number of sulfonamides is 1. The van der Waals surface area contributed by atoms with Gasteiger partial charge in [0.2, 0.25) is 5.91 Å². The number of hydrogen-bond acceptors (Lipinski definition) is 7. The van der Waals surface area contributed by atoms with Crippen molar-refractivity contribution >= 4 is 50.4 Å². The van der Waals surface area contributed by atoms with E-state index >= 15 is 0 Å². The van der Waals surface area contributed by atoms with Gasteiger partial charge >= 0.3 is 0 Å². The lowest BCUT2D eigenvalue weighted by Crippen LogP contribution is -2.38. The summed E-state index contributed by atoms with van der Waals surface area (Å²) in [5, 5.41) is 14.2. The first-order chi connectivity index (χ1) is 16.9. The number of ether oxygens (including phenoxy) is 1. The number of halogens is 1. The highest BCUT2D eigenvalue weighted by Gasteiger charge is 2.31. The molecule has 3 rings (SSSR count). The second-order valence-corrected chi connectivity index (χ2v) is 10.0. The molecule has 0 atom stereocenters. The van der Waals surface area contributed by atoms with Crippen LogP contribution in [0.1, 0.15) is 22.8 Å². The van der Waals surface area contributed by atoms with Crippen molar-refractivity contribution in [3.05, 3.63) is 86.9 Å². The number of nitrogens with one attached hydrogen (secondary N) is 1. The van der Waals surface area contributed by atoms with Crippen LogP contribution in [-0.4, -0.2) is 38.7 Å². The van der Waals surface area contributed by atoms with Gasteiger partial charge in [0.1, 0.15) is 12.3 Å². The van der Waals surface area contributed by atoms with Crippen molar-refractivity contribution < 1.29 is 27.7 Å². The minimum atomic E-state index is -4.50. The highest BCUT2D eigenvalue weighted by molar-refractivity contribution is 7.92.